The Kier molecular flexibility index (Phi) is 4.90. The van der Waals surface area contributed by atoms with Crippen molar-refractivity contribution in [1.29, 1.82) is 0 Å². The van der Waals surface area contributed by atoms with Gasteiger partial charge in [0.15, 0.2) is 28.0 Å². The Morgan fingerprint density at radius 2 is 1.48 bits per heavy atom. The minimum atomic E-state index is -2.26. The summed E-state index contributed by atoms with van der Waals surface area (Å²) in [6, 6.07) is 0. The van der Waals surface area contributed by atoms with E-state index in [1.165, 1.54) is 6.08 Å². The lowest BCUT2D eigenvalue weighted by atomic mass is 10.2. The van der Waals surface area contributed by atoms with E-state index in [4.69, 9.17) is 24.4 Å². The number of hydrogen-bond acceptors (Lipinski definition) is 4. The van der Waals surface area contributed by atoms with Gasteiger partial charge in [-0.2, -0.15) is 4.98 Å². The molecule has 2 N–H and O–H groups in total. The van der Waals surface area contributed by atoms with Crippen molar-refractivity contribution in [2.24, 2.45) is 0 Å². The molecule has 0 unspecified atom stereocenters. The van der Waals surface area contributed by atoms with Crippen LogP contribution in [0.4, 0.5) is 33.6 Å². The first-order chi connectivity index (χ1) is 10.8. The fraction of sp³-hybridized carbons (Fsp3) is 0.0833. The average molecular weight is 366 g/mol. The third-order valence-corrected chi connectivity index (χ3v) is 3.07. The maximum Gasteiger partial charge on any atom is 0.212 e. The van der Waals surface area contributed by atoms with Crippen LogP contribution in [-0.4, -0.2) is 21.5 Å². The van der Waals surface area contributed by atoms with Crippen LogP contribution in [0.5, 0.6) is 0 Å². The second-order valence-electron chi connectivity index (χ2n) is 4.14. The highest BCUT2D eigenvalue weighted by atomic mass is 32.1. The van der Waals surface area contributed by atoms with Crippen LogP contribution in [-0.2, 0) is 0 Å². The minimum absolute atomic E-state index is 0.0436. The zero-order valence-electron chi connectivity index (χ0n) is 11.1. The summed E-state index contributed by atoms with van der Waals surface area (Å²) in [4.78, 5) is 9.28. The average Bonchev–Trinajstić information content (AvgIpc) is 2.49. The molecule has 0 saturated heterocycles. The summed E-state index contributed by atoms with van der Waals surface area (Å²) in [5, 5.41) is 0. The Bertz CT molecular complexity index is 835. The highest BCUT2D eigenvalue weighted by Gasteiger charge is 2.30. The van der Waals surface area contributed by atoms with Gasteiger partial charge in [0.05, 0.1) is 0 Å². The van der Waals surface area contributed by atoms with Crippen molar-refractivity contribution in [3.8, 4) is 0 Å². The predicted molar refractivity (Wildman–Crippen MR) is 78.0 cm³/mol. The lowest BCUT2D eigenvalue weighted by molar-refractivity contribution is 0.379. The molecule has 0 aliphatic heterocycles. The number of benzene rings is 1. The fourth-order valence-electron chi connectivity index (χ4n) is 1.75. The molecule has 0 aliphatic rings. The number of H-pyrrole nitrogens is 2. The molecule has 0 spiro atoms. The Morgan fingerprint density at radius 3 is 1.96 bits per heavy atom. The molecule has 11 heteroatoms. The Morgan fingerprint density at radius 1 is 0.957 bits per heavy atom. The number of anilines is 2. The number of rotatable bonds is 4. The zero-order valence-corrected chi connectivity index (χ0v) is 12.7. The van der Waals surface area contributed by atoms with Gasteiger partial charge in [-0.3, -0.25) is 0 Å². The van der Waals surface area contributed by atoms with Crippen molar-refractivity contribution < 1.29 is 22.0 Å². The van der Waals surface area contributed by atoms with Gasteiger partial charge in [0, 0.05) is 6.54 Å². The van der Waals surface area contributed by atoms with Gasteiger partial charge in [-0.15, -0.1) is 6.58 Å². The first-order valence-electron chi connectivity index (χ1n) is 5.88. The normalized spacial score (nSPS) is 10.7. The van der Waals surface area contributed by atoms with E-state index in [0.29, 0.717) is 4.90 Å². The molecule has 1 heterocycles. The number of nitrogens with one attached hydrogen (secondary N) is 2. The van der Waals surface area contributed by atoms with Crippen LogP contribution in [0.25, 0.3) is 0 Å². The first-order valence-corrected chi connectivity index (χ1v) is 6.70. The summed E-state index contributed by atoms with van der Waals surface area (Å²) >= 11 is 9.59. The maximum absolute atomic E-state index is 14.0. The second kappa shape index (κ2) is 6.54. The van der Waals surface area contributed by atoms with E-state index < -0.39 is 34.8 Å². The molecule has 122 valence electrons. The molecule has 2 rings (SSSR count). The molecule has 0 saturated carbocycles. The summed E-state index contributed by atoms with van der Waals surface area (Å²) in [6.07, 6.45) is 1.18. The van der Waals surface area contributed by atoms with E-state index in [9.17, 15) is 22.0 Å². The van der Waals surface area contributed by atoms with Crippen molar-refractivity contribution in [2.45, 2.75) is 0 Å². The number of hydrogen-bond donors (Lipinski definition) is 2. The molecule has 0 fully saturated rings. The second-order valence-corrected chi connectivity index (χ2v) is 4.93. The number of halogens is 5. The highest BCUT2D eigenvalue weighted by molar-refractivity contribution is 7.71. The summed E-state index contributed by atoms with van der Waals surface area (Å²) in [5.41, 5.74) is -1.19. The SMILES string of the molecule is C=CCN(c1nc(=S)[nH]c(=S)[nH]1)c1c(F)c(F)c(F)c(F)c1F. The lowest BCUT2D eigenvalue weighted by Gasteiger charge is -2.23. The van der Waals surface area contributed by atoms with E-state index in [-0.39, 0.29) is 22.0 Å². The molecule has 0 aliphatic carbocycles. The predicted octanol–water partition coefficient (Wildman–Crippen LogP) is 4.22. The van der Waals surface area contributed by atoms with Gasteiger partial charge in [0.2, 0.25) is 16.5 Å². The van der Waals surface area contributed by atoms with Crippen molar-refractivity contribution in [3.05, 3.63) is 51.3 Å². The van der Waals surface area contributed by atoms with E-state index in [0.717, 1.165) is 0 Å². The third kappa shape index (κ3) is 3.15. The highest BCUT2D eigenvalue weighted by Crippen LogP contribution is 2.33. The van der Waals surface area contributed by atoms with Gasteiger partial charge in [-0.1, -0.05) is 6.08 Å². The molecule has 0 atom stereocenters. The van der Waals surface area contributed by atoms with E-state index in [1.54, 1.807) is 0 Å². The van der Waals surface area contributed by atoms with Crippen LogP contribution >= 0.6 is 24.4 Å². The standard InChI is InChI=1S/C12H7F5N4S2/c1-2-3-21(10-18-11(22)20-12(23)19-10)9-7(16)5(14)4(13)6(15)8(9)17/h2H,1,3H2,(H2,18,19,20,22,23). The van der Waals surface area contributed by atoms with Crippen LogP contribution in [0, 0.1) is 38.6 Å². The zero-order chi connectivity index (χ0) is 17.3. The first kappa shape index (κ1) is 17.2. The molecular weight excluding hydrogens is 359 g/mol. The van der Waals surface area contributed by atoms with Gasteiger partial charge in [-0.05, 0) is 24.4 Å². The molecule has 0 bridgehead atoms. The number of aromatic nitrogens is 3. The smallest absolute Gasteiger partial charge is 0.212 e. The monoisotopic (exact) mass is 366 g/mol. The summed E-state index contributed by atoms with van der Waals surface area (Å²) < 4.78 is 67.7. The molecule has 1 aromatic heterocycles. The van der Waals surface area contributed by atoms with E-state index in [1.807, 2.05) is 0 Å². The van der Waals surface area contributed by atoms with Gasteiger partial charge in [-0.25, -0.2) is 22.0 Å². The molecule has 23 heavy (non-hydrogen) atoms. The molecule has 0 radical (unpaired) electrons. The summed E-state index contributed by atoms with van der Waals surface area (Å²) in [7, 11) is 0. The topological polar surface area (TPSA) is 47.7 Å². The Labute approximate surface area is 136 Å². The maximum atomic E-state index is 14.0. The van der Waals surface area contributed by atoms with E-state index in [2.05, 4.69) is 21.5 Å². The quantitative estimate of drug-likeness (QED) is 0.280. The lowest BCUT2D eigenvalue weighted by Crippen LogP contribution is -2.24. The van der Waals surface area contributed by atoms with Crippen molar-refractivity contribution in [2.75, 3.05) is 11.4 Å². The molecule has 1 aromatic carbocycles. The van der Waals surface area contributed by atoms with Gasteiger partial charge < -0.3 is 14.9 Å². The summed E-state index contributed by atoms with van der Waals surface area (Å²) in [5.74, 6) is -10.7. The van der Waals surface area contributed by atoms with Crippen molar-refractivity contribution in [3.63, 3.8) is 0 Å². The molecule has 2 aromatic rings. The van der Waals surface area contributed by atoms with Gasteiger partial charge in [0.25, 0.3) is 0 Å². The van der Waals surface area contributed by atoms with Crippen LogP contribution in [0.3, 0.4) is 0 Å². The van der Waals surface area contributed by atoms with E-state index >= 15 is 0 Å². The van der Waals surface area contributed by atoms with Crippen LogP contribution < -0.4 is 4.90 Å². The fourth-order valence-corrected chi connectivity index (χ4v) is 2.19. The largest absolute Gasteiger partial charge is 0.308 e. The number of aromatic amines is 2. The molecular formula is C12H7F5N4S2. The van der Waals surface area contributed by atoms with Gasteiger partial charge >= 0.3 is 0 Å². The molecule has 0 amide bonds. The minimum Gasteiger partial charge on any atom is -0.308 e. The third-order valence-electron chi connectivity index (χ3n) is 2.68. The Hall–Kier alpha value is -2.14. The Balaban J connectivity index is 2.80. The summed E-state index contributed by atoms with van der Waals surface area (Å²) in [6.45, 7) is 3.04. The van der Waals surface area contributed by atoms with Gasteiger partial charge in [0.1, 0.15) is 5.69 Å². The number of nitrogens with zero attached hydrogens (tertiary/aromatic N) is 2. The van der Waals surface area contributed by atoms with Crippen molar-refractivity contribution >= 4 is 36.1 Å². The van der Waals surface area contributed by atoms with Crippen LogP contribution in [0.1, 0.15) is 0 Å². The van der Waals surface area contributed by atoms with Crippen molar-refractivity contribution in [1.82, 2.24) is 15.0 Å². The van der Waals surface area contributed by atoms with Crippen LogP contribution in [0.2, 0.25) is 0 Å². The van der Waals surface area contributed by atoms with Crippen LogP contribution in [0.15, 0.2) is 12.7 Å². The molecule has 4 nitrogen and oxygen atoms in total.